The molecular formula is C11H15NO. The molecule has 0 aromatic heterocycles. The Morgan fingerprint density at radius 3 is 2.69 bits per heavy atom. The minimum Gasteiger partial charge on any atom is -0.355 e. The molecule has 0 aromatic rings. The van der Waals surface area contributed by atoms with Crippen molar-refractivity contribution in [3.8, 4) is 12.3 Å². The van der Waals surface area contributed by atoms with Gasteiger partial charge in [0.2, 0.25) is 5.91 Å². The summed E-state index contributed by atoms with van der Waals surface area (Å²) in [5, 5.41) is 2.89. The van der Waals surface area contributed by atoms with E-state index >= 15 is 0 Å². The van der Waals surface area contributed by atoms with Crippen LogP contribution in [0.4, 0.5) is 0 Å². The van der Waals surface area contributed by atoms with Gasteiger partial charge in [-0.05, 0) is 31.1 Å². The van der Waals surface area contributed by atoms with Gasteiger partial charge < -0.3 is 5.32 Å². The van der Waals surface area contributed by atoms with E-state index in [1.54, 1.807) is 0 Å². The van der Waals surface area contributed by atoms with Crippen LogP contribution in [0, 0.1) is 30.1 Å². The molecule has 2 atom stereocenters. The van der Waals surface area contributed by atoms with Gasteiger partial charge in [-0.1, -0.05) is 0 Å². The van der Waals surface area contributed by atoms with Crippen LogP contribution in [0.25, 0.3) is 0 Å². The van der Waals surface area contributed by atoms with Crippen LogP contribution in [-0.2, 0) is 4.79 Å². The SMILES string of the molecule is C#CCCNC(=O)C1CC2CC2C1. The molecule has 1 N–H and O–H groups in total. The maximum atomic E-state index is 11.5. The Bertz CT molecular complexity index is 243. The zero-order chi connectivity index (χ0) is 9.26. The van der Waals surface area contributed by atoms with Gasteiger partial charge in [-0.25, -0.2) is 0 Å². The van der Waals surface area contributed by atoms with Crippen LogP contribution < -0.4 is 5.32 Å². The lowest BCUT2D eigenvalue weighted by Crippen LogP contribution is -2.30. The van der Waals surface area contributed by atoms with Gasteiger partial charge in [0.15, 0.2) is 0 Å². The first-order valence-corrected chi connectivity index (χ1v) is 5.02. The van der Waals surface area contributed by atoms with E-state index in [0.29, 0.717) is 18.9 Å². The number of fused-ring (bicyclic) bond motifs is 1. The summed E-state index contributed by atoms with van der Waals surface area (Å²) in [5.41, 5.74) is 0. The molecule has 0 aromatic carbocycles. The molecule has 2 rings (SSSR count). The van der Waals surface area contributed by atoms with Crippen LogP contribution in [0.3, 0.4) is 0 Å². The summed E-state index contributed by atoms with van der Waals surface area (Å²) in [4.78, 5) is 11.5. The number of rotatable bonds is 3. The molecule has 0 aliphatic heterocycles. The molecule has 0 saturated heterocycles. The molecule has 1 amide bonds. The maximum absolute atomic E-state index is 11.5. The highest BCUT2D eigenvalue weighted by Gasteiger charge is 2.47. The van der Waals surface area contributed by atoms with Gasteiger partial charge in [0.25, 0.3) is 0 Å². The summed E-state index contributed by atoms with van der Waals surface area (Å²) < 4.78 is 0. The molecule has 2 aliphatic carbocycles. The smallest absolute Gasteiger partial charge is 0.223 e. The van der Waals surface area contributed by atoms with E-state index in [1.807, 2.05) is 0 Å². The predicted octanol–water partition coefficient (Wildman–Crippen LogP) is 1.17. The van der Waals surface area contributed by atoms with Crippen molar-refractivity contribution >= 4 is 5.91 Å². The molecular weight excluding hydrogens is 162 g/mol. The fourth-order valence-corrected chi connectivity index (χ4v) is 2.33. The minimum absolute atomic E-state index is 0.224. The zero-order valence-electron chi connectivity index (χ0n) is 7.75. The van der Waals surface area contributed by atoms with Crippen LogP contribution >= 0.6 is 0 Å². The quantitative estimate of drug-likeness (QED) is 0.509. The molecule has 0 heterocycles. The molecule has 0 bridgehead atoms. The van der Waals surface area contributed by atoms with E-state index in [4.69, 9.17) is 6.42 Å². The largest absolute Gasteiger partial charge is 0.355 e. The molecule has 0 radical (unpaired) electrons. The second-order valence-corrected chi connectivity index (χ2v) is 4.17. The van der Waals surface area contributed by atoms with Crippen molar-refractivity contribution in [3.63, 3.8) is 0 Å². The van der Waals surface area contributed by atoms with E-state index in [2.05, 4.69) is 11.2 Å². The highest BCUT2D eigenvalue weighted by molar-refractivity contribution is 5.79. The van der Waals surface area contributed by atoms with Crippen LogP contribution in [0.1, 0.15) is 25.7 Å². The van der Waals surface area contributed by atoms with Crippen molar-refractivity contribution < 1.29 is 4.79 Å². The fourth-order valence-electron chi connectivity index (χ4n) is 2.33. The van der Waals surface area contributed by atoms with Gasteiger partial charge in [-0.15, -0.1) is 12.3 Å². The standard InChI is InChI=1S/C11H15NO/c1-2-3-4-12-11(13)10-6-8-5-9(8)7-10/h1,8-10H,3-7H2,(H,12,13). The first-order chi connectivity index (χ1) is 6.31. The van der Waals surface area contributed by atoms with Crippen molar-refractivity contribution in [1.29, 1.82) is 0 Å². The average Bonchev–Trinajstić information content (AvgIpc) is 2.74. The normalized spacial score (nSPS) is 34.8. The van der Waals surface area contributed by atoms with Gasteiger partial charge in [-0.2, -0.15) is 0 Å². The summed E-state index contributed by atoms with van der Waals surface area (Å²) in [6.45, 7) is 0.640. The van der Waals surface area contributed by atoms with E-state index in [1.165, 1.54) is 6.42 Å². The molecule has 2 fully saturated rings. The van der Waals surface area contributed by atoms with E-state index in [0.717, 1.165) is 24.7 Å². The Labute approximate surface area is 79.1 Å². The summed E-state index contributed by atoms with van der Waals surface area (Å²) >= 11 is 0. The number of terminal acetylenes is 1. The fraction of sp³-hybridized carbons (Fsp3) is 0.727. The van der Waals surface area contributed by atoms with Crippen molar-refractivity contribution in [1.82, 2.24) is 5.32 Å². The van der Waals surface area contributed by atoms with Gasteiger partial charge in [0.05, 0.1) is 0 Å². The number of hydrogen-bond donors (Lipinski definition) is 1. The van der Waals surface area contributed by atoms with E-state index < -0.39 is 0 Å². The Morgan fingerprint density at radius 1 is 1.38 bits per heavy atom. The average molecular weight is 177 g/mol. The Hall–Kier alpha value is -0.970. The zero-order valence-corrected chi connectivity index (χ0v) is 7.75. The minimum atomic E-state index is 0.224. The third-order valence-electron chi connectivity index (χ3n) is 3.18. The molecule has 2 saturated carbocycles. The Kier molecular flexibility index (Phi) is 2.26. The van der Waals surface area contributed by atoms with Crippen LogP contribution in [-0.4, -0.2) is 12.5 Å². The van der Waals surface area contributed by atoms with Crippen LogP contribution in [0.5, 0.6) is 0 Å². The molecule has 2 unspecified atom stereocenters. The highest BCUT2D eigenvalue weighted by atomic mass is 16.1. The summed E-state index contributed by atoms with van der Waals surface area (Å²) in [6, 6.07) is 0. The maximum Gasteiger partial charge on any atom is 0.223 e. The number of hydrogen-bond acceptors (Lipinski definition) is 1. The lowest BCUT2D eigenvalue weighted by Gasteiger charge is -2.10. The van der Waals surface area contributed by atoms with Crippen molar-refractivity contribution in [3.05, 3.63) is 0 Å². The Balaban J connectivity index is 1.69. The van der Waals surface area contributed by atoms with E-state index in [9.17, 15) is 4.79 Å². The van der Waals surface area contributed by atoms with Crippen molar-refractivity contribution in [2.45, 2.75) is 25.7 Å². The molecule has 2 heteroatoms. The van der Waals surface area contributed by atoms with Gasteiger partial charge >= 0.3 is 0 Å². The predicted molar refractivity (Wildman–Crippen MR) is 50.8 cm³/mol. The van der Waals surface area contributed by atoms with Gasteiger partial charge in [0, 0.05) is 18.9 Å². The number of nitrogens with one attached hydrogen (secondary N) is 1. The summed E-state index contributed by atoms with van der Waals surface area (Å²) in [6.07, 6.45) is 9.34. The molecule has 0 spiro atoms. The third kappa shape index (κ3) is 1.85. The van der Waals surface area contributed by atoms with Gasteiger partial charge in [-0.3, -0.25) is 4.79 Å². The Morgan fingerprint density at radius 2 is 2.08 bits per heavy atom. The lowest BCUT2D eigenvalue weighted by atomic mass is 10.0. The monoisotopic (exact) mass is 177 g/mol. The van der Waals surface area contributed by atoms with E-state index in [-0.39, 0.29) is 5.91 Å². The van der Waals surface area contributed by atoms with Crippen LogP contribution in [0.15, 0.2) is 0 Å². The van der Waals surface area contributed by atoms with Crippen molar-refractivity contribution in [2.24, 2.45) is 17.8 Å². The first-order valence-electron chi connectivity index (χ1n) is 5.02. The summed E-state index contributed by atoms with van der Waals surface area (Å²) in [7, 11) is 0. The molecule has 2 nitrogen and oxygen atoms in total. The number of amides is 1. The first kappa shape index (κ1) is 8.62. The number of carbonyl (C=O) groups excluding carboxylic acids is 1. The number of carbonyl (C=O) groups is 1. The second kappa shape index (κ2) is 3.41. The molecule has 13 heavy (non-hydrogen) atoms. The molecule has 2 aliphatic rings. The van der Waals surface area contributed by atoms with Gasteiger partial charge in [0.1, 0.15) is 0 Å². The van der Waals surface area contributed by atoms with Crippen molar-refractivity contribution in [2.75, 3.05) is 6.54 Å². The second-order valence-electron chi connectivity index (χ2n) is 4.17. The third-order valence-corrected chi connectivity index (χ3v) is 3.18. The highest BCUT2D eigenvalue weighted by Crippen LogP contribution is 2.54. The topological polar surface area (TPSA) is 29.1 Å². The molecule has 70 valence electrons. The lowest BCUT2D eigenvalue weighted by molar-refractivity contribution is -0.125. The van der Waals surface area contributed by atoms with Crippen LogP contribution in [0.2, 0.25) is 0 Å². The summed E-state index contributed by atoms with van der Waals surface area (Å²) in [5.74, 6) is 4.79.